The van der Waals surface area contributed by atoms with Crippen molar-refractivity contribution < 1.29 is 13.2 Å². The molecular formula is C24H27N3O3S. The van der Waals surface area contributed by atoms with Crippen LogP contribution in [0.5, 0.6) is 0 Å². The van der Waals surface area contributed by atoms with Crippen molar-refractivity contribution in [3.05, 3.63) is 89.0 Å². The maximum Gasteiger partial charge on any atom is 0.261 e. The maximum atomic E-state index is 12.8. The molecule has 0 atom stereocenters. The molecule has 0 unspecified atom stereocenters. The summed E-state index contributed by atoms with van der Waals surface area (Å²) in [6, 6.07) is 19.5. The van der Waals surface area contributed by atoms with E-state index in [2.05, 4.69) is 10.0 Å². The van der Waals surface area contributed by atoms with Crippen molar-refractivity contribution in [3.63, 3.8) is 0 Å². The summed E-state index contributed by atoms with van der Waals surface area (Å²) in [5.41, 5.74) is 4.46. The van der Waals surface area contributed by atoms with Crippen molar-refractivity contribution in [1.82, 2.24) is 5.32 Å². The Bertz CT molecular complexity index is 1200. The molecule has 0 aliphatic rings. The fourth-order valence-corrected chi connectivity index (χ4v) is 4.23. The van der Waals surface area contributed by atoms with Crippen LogP contribution in [0.15, 0.2) is 71.6 Å². The van der Waals surface area contributed by atoms with Crippen LogP contribution in [0.4, 0.5) is 11.4 Å². The van der Waals surface area contributed by atoms with Gasteiger partial charge in [0.25, 0.3) is 15.9 Å². The van der Waals surface area contributed by atoms with Crippen LogP contribution in [0, 0.1) is 13.8 Å². The van der Waals surface area contributed by atoms with E-state index in [9.17, 15) is 13.2 Å². The molecule has 0 radical (unpaired) electrons. The lowest BCUT2D eigenvalue weighted by atomic mass is 10.1. The zero-order chi connectivity index (χ0) is 22.6. The molecule has 31 heavy (non-hydrogen) atoms. The number of rotatable bonds is 7. The summed E-state index contributed by atoms with van der Waals surface area (Å²) < 4.78 is 28.2. The van der Waals surface area contributed by atoms with Gasteiger partial charge < -0.3 is 10.2 Å². The fourth-order valence-electron chi connectivity index (χ4n) is 3.16. The van der Waals surface area contributed by atoms with Crippen molar-refractivity contribution in [3.8, 4) is 0 Å². The predicted octanol–water partition coefficient (Wildman–Crippen LogP) is 4.10. The summed E-state index contributed by atoms with van der Waals surface area (Å²) in [5.74, 6) is -0.319. The first kappa shape index (κ1) is 22.4. The normalized spacial score (nSPS) is 11.1. The molecule has 0 heterocycles. The van der Waals surface area contributed by atoms with E-state index in [0.717, 1.165) is 16.8 Å². The van der Waals surface area contributed by atoms with E-state index in [4.69, 9.17) is 0 Å². The molecule has 0 saturated carbocycles. The number of amides is 1. The van der Waals surface area contributed by atoms with Gasteiger partial charge in [0.1, 0.15) is 0 Å². The van der Waals surface area contributed by atoms with Gasteiger partial charge in [-0.1, -0.05) is 30.3 Å². The highest BCUT2D eigenvalue weighted by Gasteiger charge is 2.18. The van der Waals surface area contributed by atoms with Crippen LogP contribution in [0.3, 0.4) is 0 Å². The van der Waals surface area contributed by atoms with Crippen molar-refractivity contribution in [1.29, 1.82) is 0 Å². The van der Waals surface area contributed by atoms with Crippen molar-refractivity contribution in [2.75, 3.05) is 23.7 Å². The number of carbonyl (C=O) groups is 1. The molecule has 0 aliphatic heterocycles. The highest BCUT2D eigenvalue weighted by atomic mass is 32.2. The predicted molar refractivity (Wildman–Crippen MR) is 125 cm³/mol. The molecule has 3 rings (SSSR count). The number of hydrogen-bond donors (Lipinski definition) is 2. The summed E-state index contributed by atoms with van der Waals surface area (Å²) in [4.78, 5) is 14.8. The quantitative estimate of drug-likeness (QED) is 0.583. The van der Waals surface area contributed by atoms with Gasteiger partial charge in [0, 0.05) is 37.6 Å². The second kappa shape index (κ2) is 9.22. The van der Waals surface area contributed by atoms with Gasteiger partial charge in [-0.05, 0) is 66.9 Å². The van der Waals surface area contributed by atoms with Crippen LogP contribution < -0.4 is 14.9 Å². The van der Waals surface area contributed by atoms with E-state index in [-0.39, 0.29) is 10.8 Å². The minimum absolute atomic E-state index is 0.0411. The molecule has 2 N–H and O–H groups in total. The number of anilines is 2. The third-order valence-corrected chi connectivity index (χ3v) is 6.29. The van der Waals surface area contributed by atoms with Crippen molar-refractivity contribution in [2.45, 2.75) is 25.3 Å². The Morgan fingerprint density at radius 2 is 1.68 bits per heavy atom. The van der Waals surface area contributed by atoms with Gasteiger partial charge in [0.2, 0.25) is 0 Å². The SMILES string of the molecule is Cc1cccc(NS(=O)(=O)c2ccc(C)c(C(=O)NCc3cccc(N(C)C)c3)c2)c1. The Morgan fingerprint density at radius 3 is 2.39 bits per heavy atom. The third-order valence-electron chi connectivity index (χ3n) is 4.91. The average Bonchev–Trinajstić information content (AvgIpc) is 2.72. The number of benzene rings is 3. The standard InChI is InChI=1S/C24H27N3O3S/c1-17-7-5-9-20(13-17)26-31(29,30)22-12-11-18(2)23(15-22)24(28)25-16-19-8-6-10-21(14-19)27(3)4/h5-15,26H,16H2,1-4H3,(H,25,28). The molecule has 6 nitrogen and oxygen atoms in total. The zero-order valence-electron chi connectivity index (χ0n) is 18.1. The summed E-state index contributed by atoms with van der Waals surface area (Å²) in [5, 5.41) is 2.89. The Hall–Kier alpha value is -3.32. The lowest BCUT2D eigenvalue weighted by Gasteiger charge is -2.14. The molecule has 0 aromatic heterocycles. The van der Waals surface area contributed by atoms with Gasteiger partial charge in [-0.25, -0.2) is 8.42 Å². The van der Waals surface area contributed by atoms with E-state index in [1.54, 1.807) is 31.2 Å². The highest BCUT2D eigenvalue weighted by molar-refractivity contribution is 7.92. The summed E-state index contributed by atoms with van der Waals surface area (Å²) in [6.07, 6.45) is 0. The Kier molecular flexibility index (Phi) is 6.65. The molecule has 1 amide bonds. The zero-order valence-corrected chi connectivity index (χ0v) is 19.0. The van der Waals surface area contributed by atoms with Gasteiger partial charge in [-0.15, -0.1) is 0 Å². The number of aryl methyl sites for hydroxylation is 2. The molecule has 0 bridgehead atoms. The molecule has 0 fully saturated rings. The van der Waals surface area contributed by atoms with E-state index in [1.165, 1.54) is 12.1 Å². The minimum atomic E-state index is -3.82. The van der Waals surface area contributed by atoms with Crippen LogP contribution in [-0.2, 0) is 16.6 Å². The second-order valence-electron chi connectivity index (χ2n) is 7.70. The average molecular weight is 438 g/mol. The van der Waals surface area contributed by atoms with Gasteiger partial charge in [-0.2, -0.15) is 0 Å². The van der Waals surface area contributed by atoms with Gasteiger partial charge in [0.15, 0.2) is 0 Å². The Morgan fingerprint density at radius 1 is 0.935 bits per heavy atom. The number of carbonyl (C=O) groups excluding carboxylic acids is 1. The first-order chi connectivity index (χ1) is 14.7. The molecule has 3 aromatic carbocycles. The number of hydrogen-bond acceptors (Lipinski definition) is 4. The van der Waals surface area contributed by atoms with E-state index >= 15 is 0 Å². The Balaban J connectivity index is 1.78. The largest absolute Gasteiger partial charge is 0.378 e. The van der Waals surface area contributed by atoms with Gasteiger partial charge in [-0.3, -0.25) is 9.52 Å². The smallest absolute Gasteiger partial charge is 0.261 e. The van der Waals surface area contributed by atoms with Gasteiger partial charge in [0.05, 0.1) is 4.90 Å². The van der Waals surface area contributed by atoms with Crippen LogP contribution in [0.1, 0.15) is 27.0 Å². The first-order valence-corrected chi connectivity index (χ1v) is 11.4. The lowest BCUT2D eigenvalue weighted by Crippen LogP contribution is -2.24. The molecule has 7 heteroatoms. The molecular weight excluding hydrogens is 410 g/mol. The number of nitrogens with one attached hydrogen (secondary N) is 2. The maximum absolute atomic E-state index is 12.8. The topological polar surface area (TPSA) is 78.5 Å². The number of nitrogens with zero attached hydrogens (tertiary/aromatic N) is 1. The first-order valence-electron chi connectivity index (χ1n) is 9.90. The van der Waals surface area contributed by atoms with E-state index < -0.39 is 10.0 Å². The van der Waals surface area contributed by atoms with Crippen LogP contribution in [0.25, 0.3) is 0 Å². The molecule has 0 saturated heterocycles. The van der Waals surface area contributed by atoms with E-state index in [1.807, 2.05) is 56.3 Å². The summed E-state index contributed by atoms with van der Waals surface area (Å²) >= 11 is 0. The number of sulfonamides is 1. The highest BCUT2D eigenvalue weighted by Crippen LogP contribution is 2.20. The van der Waals surface area contributed by atoms with Gasteiger partial charge >= 0.3 is 0 Å². The van der Waals surface area contributed by atoms with Crippen molar-refractivity contribution >= 4 is 27.3 Å². The van der Waals surface area contributed by atoms with Crippen LogP contribution >= 0.6 is 0 Å². The summed E-state index contributed by atoms with van der Waals surface area (Å²) in [6.45, 7) is 4.02. The monoisotopic (exact) mass is 437 g/mol. The lowest BCUT2D eigenvalue weighted by molar-refractivity contribution is 0.0950. The Labute approximate surface area is 184 Å². The molecule has 0 aliphatic carbocycles. The van der Waals surface area contributed by atoms with Crippen molar-refractivity contribution in [2.24, 2.45) is 0 Å². The summed E-state index contributed by atoms with van der Waals surface area (Å²) in [7, 11) is 0.0916. The van der Waals surface area contributed by atoms with E-state index in [0.29, 0.717) is 23.4 Å². The fraction of sp³-hybridized carbons (Fsp3) is 0.208. The molecule has 162 valence electrons. The third kappa shape index (κ3) is 5.64. The van der Waals surface area contributed by atoms with Crippen LogP contribution in [-0.4, -0.2) is 28.4 Å². The second-order valence-corrected chi connectivity index (χ2v) is 9.38. The van der Waals surface area contributed by atoms with Crippen LogP contribution in [0.2, 0.25) is 0 Å². The molecule has 3 aromatic rings. The minimum Gasteiger partial charge on any atom is -0.378 e. The molecule has 0 spiro atoms.